The molecule has 0 aliphatic rings. The number of rotatable bonds is 4. The predicted molar refractivity (Wildman–Crippen MR) is 66.0 cm³/mol. The maximum atomic E-state index is 11.8. The molecule has 17 heavy (non-hydrogen) atoms. The molecule has 0 saturated carbocycles. The molecule has 0 atom stereocenters. The fraction of sp³-hybridized carbons (Fsp3) is 0.385. The number of halogens is 1. The summed E-state index contributed by atoms with van der Waals surface area (Å²) >= 11 is 5.82. The Hall–Kier alpha value is -1.53. The molecule has 1 rings (SSSR count). The van der Waals surface area contributed by atoms with Crippen LogP contribution in [0.25, 0.3) is 0 Å². The molecular weight excluding hydrogens is 238 g/mol. The van der Waals surface area contributed by atoms with Crippen molar-refractivity contribution in [2.24, 2.45) is 0 Å². The van der Waals surface area contributed by atoms with Crippen LogP contribution in [-0.4, -0.2) is 12.6 Å². The molecule has 0 radical (unpaired) electrons. The lowest BCUT2D eigenvalue weighted by Crippen LogP contribution is -2.11. The quantitative estimate of drug-likeness (QED) is 0.610. The fourth-order valence-electron chi connectivity index (χ4n) is 1.68. The summed E-state index contributed by atoms with van der Waals surface area (Å²) in [6, 6.07) is 5.41. The van der Waals surface area contributed by atoms with Gasteiger partial charge in [-0.3, -0.25) is 0 Å². The molecule has 0 unspecified atom stereocenters. The number of benzene rings is 1. The molecule has 90 valence electrons. The Morgan fingerprint density at radius 1 is 1.41 bits per heavy atom. The van der Waals surface area contributed by atoms with Crippen molar-refractivity contribution in [2.75, 3.05) is 6.61 Å². The first-order valence-electron chi connectivity index (χ1n) is 5.46. The van der Waals surface area contributed by atoms with Gasteiger partial charge in [0.15, 0.2) is 0 Å². The zero-order chi connectivity index (χ0) is 12.8. The SMILES string of the molecule is CCOC(=O)c1c(CC)cc(C#N)cc1CCl. The minimum atomic E-state index is -0.371. The number of nitriles is 1. The molecule has 0 N–H and O–H groups in total. The van der Waals surface area contributed by atoms with E-state index in [0.717, 1.165) is 5.56 Å². The molecule has 0 aliphatic heterocycles. The van der Waals surface area contributed by atoms with Gasteiger partial charge in [-0.15, -0.1) is 11.6 Å². The molecular formula is C13H14ClNO2. The standard InChI is InChI=1S/C13H14ClNO2/c1-3-10-5-9(8-15)6-11(7-14)12(10)13(16)17-4-2/h5-6H,3-4,7H2,1-2H3. The fourth-order valence-corrected chi connectivity index (χ4v) is 1.89. The maximum Gasteiger partial charge on any atom is 0.338 e. The number of aryl methyl sites for hydroxylation is 1. The first-order chi connectivity index (χ1) is 8.17. The summed E-state index contributed by atoms with van der Waals surface area (Å²) in [5.74, 6) is -0.180. The van der Waals surface area contributed by atoms with Crippen LogP contribution in [0.15, 0.2) is 12.1 Å². The minimum absolute atomic E-state index is 0.191. The van der Waals surface area contributed by atoms with Gasteiger partial charge in [0.25, 0.3) is 0 Å². The Bertz CT molecular complexity index is 438. The van der Waals surface area contributed by atoms with Crippen molar-refractivity contribution in [1.29, 1.82) is 5.26 Å². The van der Waals surface area contributed by atoms with Gasteiger partial charge in [-0.25, -0.2) is 4.79 Å². The van der Waals surface area contributed by atoms with Gasteiger partial charge in [-0.05, 0) is 36.6 Å². The number of esters is 1. The Morgan fingerprint density at radius 2 is 2.06 bits per heavy atom. The van der Waals surface area contributed by atoms with E-state index in [1.807, 2.05) is 6.92 Å². The Labute approximate surface area is 106 Å². The highest BCUT2D eigenvalue weighted by Gasteiger charge is 2.17. The monoisotopic (exact) mass is 251 g/mol. The average molecular weight is 252 g/mol. The van der Waals surface area contributed by atoms with Crippen LogP contribution >= 0.6 is 11.6 Å². The summed E-state index contributed by atoms with van der Waals surface area (Å²) < 4.78 is 5.01. The first kappa shape index (κ1) is 13.5. The number of alkyl halides is 1. The van der Waals surface area contributed by atoms with Crippen LogP contribution in [0, 0.1) is 11.3 Å². The van der Waals surface area contributed by atoms with E-state index < -0.39 is 0 Å². The highest BCUT2D eigenvalue weighted by Crippen LogP contribution is 2.21. The molecule has 4 heteroatoms. The van der Waals surface area contributed by atoms with Crippen LogP contribution in [0.1, 0.15) is 40.9 Å². The summed E-state index contributed by atoms with van der Waals surface area (Å²) in [4.78, 5) is 11.8. The summed E-state index contributed by atoms with van der Waals surface area (Å²) in [6.45, 7) is 4.01. The highest BCUT2D eigenvalue weighted by molar-refractivity contribution is 6.17. The number of nitrogens with zero attached hydrogens (tertiary/aromatic N) is 1. The Balaban J connectivity index is 3.35. The van der Waals surface area contributed by atoms with Crippen molar-refractivity contribution in [1.82, 2.24) is 0 Å². The van der Waals surface area contributed by atoms with Crippen molar-refractivity contribution in [3.8, 4) is 6.07 Å². The second-order valence-electron chi connectivity index (χ2n) is 3.49. The van der Waals surface area contributed by atoms with Gasteiger partial charge in [-0.2, -0.15) is 5.26 Å². The van der Waals surface area contributed by atoms with Crippen molar-refractivity contribution in [2.45, 2.75) is 26.1 Å². The van der Waals surface area contributed by atoms with Crippen molar-refractivity contribution in [3.63, 3.8) is 0 Å². The van der Waals surface area contributed by atoms with Crippen LogP contribution in [-0.2, 0) is 17.0 Å². The summed E-state index contributed by atoms with van der Waals surface area (Å²) in [6.07, 6.45) is 0.660. The third-order valence-electron chi connectivity index (χ3n) is 2.44. The molecule has 0 heterocycles. The molecule has 0 bridgehead atoms. The summed E-state index contributed by atoms with van der Waals surface area (Å²) in [7, 11) is 0. The lowest BCUT2D eigenvalue weighted by Gasteiger charge is -2.12. The van der Waals surface area contributed by atoms with Crippen LogP contribution in [0.2, 0.25) is 0 Å². The number of carbonyl (C=O) groups excluding carboxylic acids is 1. The largest absolute Gasteiger partial charge is 0.462 e. The third kappa shape index (κ3) is 2.98. The topological polar surface area (TPSA) is 50.1 Å². The van der Waals surface area contributed by atoms with E-state index in [2.05, 4.69) is 6.07 Å². The van der Waals surface area contributed by atoms with Gasteiger partial charge >= 0.3 is 5.97 Å². The number of hydrogen-bond donors (Lipinski definition) is 0. The Morgan fingerprint density at radius 3 is 2.53 bits per heavy atom. The molecule has 0 aromatic heterocycles. The molecule has 1 aromatic carbocycles. The van der Waals surface area contributed by atoms with Crippen LogP contribution in [0.3, 0.4) is 0 Å². The van der Waals surface area contributed by atoms with Gasteiger partial charge in [0.1, 0.15) is 0 Å². The van der Waals surface area contributed by atoms with Gasteiger partial charge < -0.3 is 4.74 Å². The second kappa shape index (κ2) is 6.27. The Kier molecular flexibility index (Phi) is 4.99. The molecule has 0 saturated heterocycles. The van der Waals surface area contributed by atoms with E-state index in [9.17, 15) is 4.79 Å². The second-order valence-corrected chi connectivity index (χ2v) is 3.76. The minimum Gasteiger partial charge on any atom is -0.462 e. The smallest absolute Gasteiger partial charge is 0.338 e. The molecule has 3 nitrogen and oxygen atoms in total. The van der Waals surface area contributed by atoms with E-state index in [4.69, 9.17) is 21.6 Å². The summed E-state index contributed by atoms with van der Waals surface area (Å²) in [5.41, 5.74) is 2.48. The van der Waals surface area contributed by atoms with E-state index in [1.54, 1.807) is 19.1 Å². The zero-order valence-electron chi connectivity index (χ0n) is 9.92. The van der Waals surface area contributed by atoms with Crippen molar-refractivity contribution in [3.05, 3.63) is 34.4 Å². The van der Waals surface area contributed by atoms with Crippen LogP contribution < -0.4 is 0 Å². The first-order valence-corrected chi connectivity index (χ1v) is 6.00. The van der Waals surface area contributed by atoms with E-state index in [-0.39, 0.29) is 11.8 Å². The highest BCUT2D eigenvalue weighted by atomic mass is 35.5. The molecule has 1 aromatic rings. The van der Waals surface area contributed by atoms with Crippen molar-refractivity contribution < 1.29 is 9.53 Å². The normalized spacial score (nSPS) is 9.76. The lowest BCUT2D eigenvalue weighted by molar-refractivity contribution is 0.0524. The lowest BCUT2D eigenvalue weighted by atomic mass is 9.97. The van der Waals surface area contributed by atoms with Gasteiger partial charge in [0.05, 0.1) is 23.8 Å². The predicted octanol–water partition coefficient (Wildman–Crippen LogP) is 3.04. The number of hydrogen-bond acceptors (Lipinski definition) is 3. The molecule has 0 fully saturated rings. The average Bonchev–Trinajstić information content (AvgIpc) is 2.37. The zero-order valence-corrected chi connectivity index (χ0v) is 10.7. The van der Waals surface area contributed by atoms with E-state index in [0.29, 0.717) is 29.7 Å². The maximum absolute atomic E-state index is 11.8. The molecule has 0 spiro atoms. The number of carbonyl (C=O) groups is 1. The third-order valence-corrected chi connectivity index (χ3v) is 2.72. The van der Waals surface area contributed by atoms with Gasteiger partial charge in [0.2, 0.25) is 0 Å². The summed E-state index contributed by atoms with van der Waals surface area (Å²) in [5, 5.41) is 8.90. The van der Waals surface area contributed by atoms with Gasteiger partial charge in [-0.1, -0.05) is 6.92 Å². The van der Waals surface area contributed by atoms with Crippen LogP contribution in [0.5, 0.6) is 0 Å². The van der Waals surface area contributed by atoms with Gasteiger partial charge in [0, 0.05) is 5.88 Å². The van der Waals surface area contributed by atoms with Crippen molar-refractivity contribution >= 4 is 17.6 Å². The molecule has 0 aliphatic carbocycles. The number of ether oxygens (including phenoxy) is 1. The molecule has 0 amide bonds. The van der Waals surface area contributed by atoms with Crippen LogP contribution in [0.4, 0.5) is 0 Å². The van der Waals surface area contributed by atoms with E-state index in [1.165, 1.54) is 0 Å². The van der Waals surface area contributed by atoms with E-state index >= 15 is 0 Å².